The Morgan fingerprint density at radius 1 is 1.10 bits per heavy atom. The highest BCUT2D eigenvalue weighted by Crippen LogP contribution is 2.23. The van der Waals surface area contributed by atoms with Crippen molar-refractivity contribution in [2.24, 2.45) is 5.92 Å². The van der Waals surface area contributed by atoms with Crippen molar-refractivity contribution in [2.45, 2.75) is 38.6 Å². The quantitative estimate of drug-likeness (QED) is 0.892. The summed E-state index contributed by atoms with van der Waals surface area (Å²) >= 11 is 0. The Balaban J connectivity index is 1.50. The highest BCUT2D eigenvalue weighted by molar-refractivity contribution is 5.58. The van der Waals surface area contributed by atoms with Crippen LogP contribution >= 0.6 is 0 Å². The fourth-order valence-electron chi connectivity index (χ4n) is 2.93. The Morgan fingerprint density at radius 2 is 1.90 bits per heavy atom. The van der Waals surface area contributed by atoms with Gasteiger partial charge < -0.3 is 9.84 Å². The van der Waals surface area contributed by atoms with Crippen molar-refractivity contribution in [3.05, 3.63) is 42.2 Å². The second-order valence-corrected chi connectivity index (χ2v) is 5.68. The van der Waals surface area contributed by atoms with Crippen LogP contribution in [-0.4, -0.2) is 11.7 Å². The van der Waals surface area contributed by atoms with Crippen LogP contribution in [0.1, 0.15) is 37.9 Å². The van der Waals surface area contributed by atoms with Gasteiger partial charge in [-0.1, -0.05) is 54.8 Å². The molecule has 0 amide bonds. The van der Waals surface area contributed by atoms with Crippen LogP contribution in [0.5, 0.6) is 0 Å². The van der Waals surface area contributed by atoms with Crippen LogP contribution in [0.2, 0.25) is 0 Å². The minimum absolute atomic E-state index is 0.774. The third kappa shape index (κ3) is 3.48. The van der Waals surface area contributed by atoms with Crippen molar-refractivity contribution in [3.63, 3.8) is 0 Å². The lowest BCUT2D eigenvalue weighted by Gasteiger charge is -2.21. The third-order valence-corrected chi connectivity index (χ3v) is 4.09. The SMILES string of the molecule is c1ccc(-c2cc(CNCC3CCCCC3)on2)cc1. The number of nitrogens with zero attached hydrogens (tertiary/aromatic N) is 1. The summed E-state index contributed by atoms with van der Waals surface area (Å²) in [7, 11) is 0. The van der Waals surface area contributed by atoms with E-state index in [1.54, 1.807) is 0 Å². The van der Waals surface area contributed by atoms with Gasteiger partial charge in [-0.3, -0.25) is 0 Å². The van der Waals surface area contributed by atoms with E-state index in [0.717, 1.165) is 36.0 Å². The summed E-state index contributed by atoms with van der Waals surface area (Å²) in [5.74, 6) is 1.76. The molecule has 1 aliphatic carbocycles. The van der Waals surface area contributed by atoms with Gasteiger partial charge in [0.15, 0.2) is 5.76 Å². The summed E-state index contributed by atoms with van der Waals surface area (Å²) in [6, 6.07) is 12.2. The molecule has 1 aliphatic rings. The van der Waals surface area contributed by atoms with Gasteiger partial charge in [0.1, 0.15) is 5.69 Å². The molecule has 1 heterocycles. The monoisotopic (exact) mass is 270 g/mol. The second-order valence-electron chi connectivity index (χ2n) is 5.68. The highest BCUT2D eigenvalue weighted by Gasteiger charge is 2.13. The zero-order valence-electron chi connectivity index (χ0n) is 11.8. The molecule has 1 fully saturated rings. The van der Waals surface area contributed by atoms with Gasteiger partial charge in [-0.25, -0.2) is 0 Å². The Morgan fingerprint density at radius 3 is 2.70 bits per heavy atom. The van der Waals surface area contributed by atoms with Gasteiger partial charge in [-0.2, -0.15) is 0 Å². The van der Waals surface area contributed by atoms with E-state index in [-0.39, 0.29) is 0 Å². The summed E-state index contributed by atoms with van der Waals surface area (Å²) in [5, 5.41) is 7.64. The fraction of sp³-hybridized carbons (Fsp3) is 0.471. The van der Waals surface area contributed by atoms with Crippen LogP contribution in [0, 0.1) is 5.92 Å². The second kappa shape index (κ2) is 6.71. The molecule has 0 radical (unpaired) electrons. The van der Waals surface area contributed by atoms with Gasteiger partial charge in [0.05, 0.1) is 6.54 Å². The molecule has 1 N–H and O–H groups in total. The molecule has 20 heavy (non-hydrogen) atoms. The number of hydrogen-bond acceptors (Lipinski definition) is 3. The number of rotatable bonds is 5. The maximum absolute atomic E-state index is 5.40. The predicted molar refractivity (Wildman–Crippen MR) is 80.2 cm³/mol. The van der Waals surface area contributed by atoms with Crippen molar-refractivity contribution < 1.29 is 4.52 Å². The lowest BCUT2D eigenvalue weighted by Crippen LogP contribution is -2.23. The van der Waals surface area contributed by atoms with Gasteiger partial charge >= 0.3 is 0 Å². The number of hydrogen-bond donors (Lipinski definition) is 1. The van der Waals surface area contributed by atoms with Crippen molar-refractivity contribution in [2.75, 3.05) is 6.54 Å². The minimum Gasteiger partial charge on any atom is -0.359 e. The Kier molecular flexibility index (Phi) is 4.49. The van der Waals surface area contributed by atoms with Gasteiger partial charge in [-0.05, 0) is 25.3 Å². The summed E-state index contributed by atoms with van der Waals surface area (Å²) in [5.41, 5.74) is 2.02. The van der Waals surface area contributed by atoms with E-state index in [4.69, 9.17) is 4.52 Å². The normalized spacial score (nSPS) is 16.4. The molecule has 0 unspecified atom stereocenters. The van der Waals surface area contributed by atoms with Crippen LogP contribution in [-0.2, 0) is 6.54 Å². The van der Waals surface area contributed by atoms with E-state index in [2.05, 4.69) is 22.6 Å². The smallest absolute Gasteiger partial charge is 0.151 e. The molecule has 3 heteroatoms. The molecule has 0 aliphatic heterocycles. The lowest BCUT2D eigenvalue weighted by atomic mass is 9.89. The van der Waals surface area contributed by atoms with E-state index in [9.17, 15) is 0 Å². The van der Waals surface area contributed by atoms with Crippen LogP contribution in [0.4, 0.5) is 0 Å². The van der Waals surface area contributed by atoms with Crippen molar-refractivity contribution in [1.82, 2.24) is 10.5 Å². The standard InChI is InChI=1S/C17H22N2O/c1-3-7-14(8-4-1)12-18-13-16-11-17(19-20-16)15-9-5-2-6-10-15/h2,5-6,9-11,14,18H,1,3-4,7-8,12-13H2. The largest absolute Gasteiger partial charge is 0.359 e. The molecule has 0 saturated heterocycles. The van der Waals surface area contributed by atoms with Crippen LogP contribution in [0.15, 0.2) is 40.9 Å². The summed E-state index contributed by atoms with van der Waals surface area (Å²) < 4.78 is 5.40. The van der Waals surface area contributed by atoms with Gasteiger partial charge in [0, 0.05) is 11.6 Å². The summed E-state index contributed by atoms with van der Waals surface area (Å²) in [4.78, 5) is 0. The number of benzene rings is 1. The van der Waals surface area contributed by atoms with Gasteiger partial charge in [-0.15, -0.1) is 0 Å². The number of aromatic nitrogens is 1. The first-order valence-electron chi connectivity index (χ1n) is 7.63. The summed E-state index contributed by atoms with van der Waals surface area (Å²) in [6.07, 6.45) is 6.95. The topological polar surface area (TPSA) is 38.1 Å². The van der Waals surface area contributed by atoms with E-state index < -0.39 is 0 Å². The molecule has 1 saturated carbocycles. The predicted octanol–water partition coefficient (Wildman–Crippen LogP) is 4.01. The van der Waals surface area contributed by atoms with Crippen molar-refractivity contribution >= 4 is 0 Å². The van der Waals surface area contributed by atoms with Crippen LogP contribution in [0.25, 0.3) is 11.3 Å². The molecule has 106 valence electrons. The van der Waals surface area contributed by atoms with Crippen LogP contribution < -0.4 is 5.32 Å². The summed E-state index contributed by atoms with van der Waals surface area (Å²) in [6.45, 7) is 1.87. The molecule has 1 aromatic heterocycles. The van der Waals surface area contributed by atoms with E-state index in [0.29, 0.717) is 0 Å². The fourth-order valence-corrected chi connectivity index (χ4v) is 2.93. The first-order chi connectivity index (χ1) is 9.92. The maximum Gasteiger partial charge on any atom is 0.151 e. The minimum atomic E-state index is 0.774. The number of nitrogens with one attached hydrogen (secondary N) is 1. The molecular weight excluding hydrogens is 248 g/mol. The zero-order chi connectivity index (χ0) is 13.6. The van der Waals surface area contributed by atoms with Gasteiger partial charge in [0.2, 0.25) is 0 Å². The highest BCUT2D eigenvalue weighted by atomic mass is 16.5. The Bertz CT molecular complexity index is 515. The van der Waals surface area contributed by atoms with Crippen molar-refractivity contribution in [3.8, 4) is 11.3 Å². The first kappa shape index (κ1) is 13.4. The molecule has 1 aromatic carbocycles. The third-order valence-electron chi connectivity index (χ3n) is 4.09. The zero-order valence-corrected chi connectivity index (χ0v) is 11.8. The first-order valence-corrected chi connectivity index (χ1v) is 7.63. The average Bonchev–Trinajstić information content (AvgIpc) is 2.98. The lowest BCUT2D eigenvalue weighted by molar-refractivity contribution is 0.326. The van der Waals surface area contributed by atoms with E-state index in [1.165, 1.54) is 32.1 Å². The molecule has 0 atom stereocenters. The van der Waals surface area contributed by atoms with E-state index >= 15 is 0 Å². The maximum atomic E-state index is 5.40. The van der Waals surface area contributed by atoms with Crippen LogP contribution in [0.3, 0.4) is 0 Å². The van der Waals surface area contributed by atoms with E-state index in [1.807, 2.05) is 24.3 Å². The molecule has 0 bridgehead atoms. The average molecular weight is 270 g/mol. The van der Waals surface area contributed by atoms with Gasteiger partial charge in [0.25, 0.3) is 0 Å². The molecular formula is C17H22N2O. The molecule has 3 nitrogen and oxygen atoms in total. The molecule has 0 spiro atoms. The Hall–Kier alpha value is -1.61. The molecule has 2 aromatic rings. The molecule has 3 rings (SSSR count). The Labute approximate surface area is 120 Å². The van der Waals surface area contributed by atoms with Crippen molar-refractivity contribution in [1.29, 1.82) is 0 Å².